The van der Waals surface area contributed by atoms with E-state index in [4.69, 9.17) is 20.2 Å². The van der Waals surface area contributed by atoms with Crippen LogP contribution in [0.15, 0.2) is 70.6 Å². The van der Waals surface area contributed by atoms with Crippen LogP contribution in [0, 0.1) is 13.8 Å². The van der Waals surface area contributed by atoms with Gasteiger partial charge in [-0.3, -0.25) is 9.98 Å². The molecule has 2 aromatic carbocycles. The Hall–Kier alpha value is -1.84. The molecule has 6 heteroatoms. The normalized spacial score (nSPS) is 11.1. The van der Waals surface area contributed by atoms with Crippen LogP contribution in [0.2, 0.25) is 0 Å². The number of hydrogen-bond acceptors (Lipinski definition) is 2. The molecule has 0 aliphatic rings. The zero-order chi connectivity index (χ0) is 18.8. The first-order valence-corrected chi connectivity index (χ1v) is 10.9. The van der Waals surface area contributed by atoms with Crippen molar-refractivity contribution in [1.29, 1.82) is 0 Å². The second-order valence-corrected chi connectivity index (χ2v) is 7.33. The molecule has 0 radical (unpaired) electrons. The molecule has 0 amide bonds. The van der Waals surface area contributed by atoms with Crippen molar-refractivity contribution < 1.29 is 13.1 Å². The number of aromatic amines is 1. The fourth-order valence-electron chi connectivity index (χ4n) is 2.27. The Bertz CT molecular complexity index is 818. The molecule has 0 saturated carbocycles. The Labute approximate surface area is 168 Å². The summed E-state index contributed by atoms with van der Waals surface area (Å²) in [5.41, 5.74) is 6.21. The number of para-hydroxylation sites is 2. The molecule has 0 aliphatic heterocycles. The number of aliphatic imine (C=N–C) groups is 2. The summed E-state index contributed by atoms with van der Waals surface area (Å²) in [4.78, 5) is 12.3. The van der Waals surface area contributed by atoms with Gasteiger partial charge in [0, 0.05) is 0 Å². The number of nitrogens with one attached hydrogen (secondary N) is 1. The molecule has 3 nitrogen and oxygen atoms in total. The van der Waals surface area contributed by atoms with Crippen molar-refractivity contribution in [3.05, 3.63) is 83.2 Å². The molecule has 0 bridgehead atoms. The van der Waals surface area contributed by atoms with Crippen LogP contribution >= 0.6 is 20.2 Å². The molecule has 0 spiro atoms. The quantitative estimate of drug-likeness (QED) is 0.364. The molecule has 3 rings (SSSR count). The molecule has 0 saturated heterocycles. The molecule has 0 unspecified atom stereocenters. The van der Waals surface area contributed by atoms with Gasteiger partial charge in [0.25, 0.3) is 0 Å². The van der Waals surface area contributed by atoms with E-state index in [1.54, 1.807) is 0 Å². The van der Waals surface area contributed by atoms with E-state index in [1.807, 2.05) is 61.0 Å². The summed E-state index contributed by atoms with van der Waals surface area (Å²) in [5, 5.41) is 0. The molecule has 0 atom stereocenters. The first kappa shape index (κ1) is 20.5. The zero-order valence-corrected chi connectivity index (χ0v) is 17.0. The molecule has 0 aliphatic carbocycles. The Kier molecular flexibility index (Phi) is 8.66. The van der Waals surface area contributed by atoms with Crippen molar-refractivity contribution in [3.63, 3.8) is 0 Å². The molecule has 3 aromatic rings. The number of benzene rings is 2. The Morgan fingerprint density at radius 1 is 0.731 bits per heavy atom. The summed E-state index contributed by atoms with van der Waals surface area (Å²) in [6.45, 7) is 4.11. The fraction of sp³-hybridized carbons (Fsp3) is 0.100. The first-order chi connectivity index (χ1) is 12.6. The minimum atomic E-state index is 0.194. The minimum absolute atomic E-state index is 0.194. The standard InChI is InChI=1S/C20H19N3.2ClH.Fe/c1-15-7-3-5-9-19(15)21-13-17-11-12-18(23-17)14-22-20-10-6-4-8-16(20)2;;;/h3-14,23H,1-2H3;2*1H;/q;;;+2/p-2. The number of H-pyrrole nitrogens is 1. The summed E-state index contributed by atoms with van der Waals surface area (Å²) in [5.74, 6) is 0. The van der Waals surface area contributed by atoms with Gasteiger partial charge in [-0.1, -0.05) is 36.4 Å². The van der Waals surface area contributed by atoms with E-state index < -0.39 is 0 Å². The number of halogens is 2. The van der Waals surface area contributed by atoms with Crippen LogP contribution in [0.5, 0.6) is 0 Å². The number of rotatable bonds is 4. The average molecular weight is 428 g/mol. The SMILES string of the molecule is Cc1ccccc1N=Cc1ccc(C=Nc2ccccc2C)[nH]1.[Cl][Fe][Cl]. The molecule has 1 aromatic heterocycles. The van der Waals surface area contributed by atoms with Crippen LogP contribution in [0.1, 0.15) is 22.5 Å². The van der Waals surface area contributed by atoms with Crippen LogP contribution in [0.25, 0.3) is 0 Å². The van der Waals surface area contributed by atoms with Crippen LogP contribution in [-0.2, 0) is 13.1 Å². The van der Waals surface area contributed by atoms with Crippen LogP contribution in [0.3, 0.4) is 0 Å². The maximum atomic E-state index is 4.76. The third-order valence-electron chi connectivity index (χ3n) is 3.65. The summed E-state index contributed by atoms with van der Waals surface area (Å²) in [7, 11) is 9.53. The van der Waals surface area contributed by atoms with E-state index >= 15 is 0 Å². The number of aromatic nitrogens is 1. The van der Waals surface area contributed by atoms with Crippen LogP contribution in [-0.4, -0.2) is 17.4 Å². The van der Waals surface area contributed by atoms with E-state index in [1.165, 1.54) is 0 Å². The third kappa shape index (κ3) is 6.47. The maximum absolute atomic E-state index is 4.76. The summed E-state index contributed by atoms with van der Waals surface area (Å²) in [6, 6.07) is 20.2. The van der Waals surface area contributed by atoms with Gasteiger partial charge in [0.15, 0.2) is 0 Å². The van der Waals surface area contributed by atoms with Crippen molar-refractivity contribution in [2.45, 2.75) is 13.8 Å². The number of nitrogens with zero attached hydrogens (tertiary/aromatic N) is 2. The molecule has 1 N–H and O–H groups in total. The monoisotopic (exact) mass is 427 g/mol. The van der Waals surface area contributed by atoms with E-state index in [0.717, 1.165) is 33.9 Å². The van der Waals surface area contributed by atoms with Gasteiger partial charge >= 0.3 is 33.3 Å². The predicted octanol–water partition coefficient (Wildman–Crippen LogP) is 6.51. The van der Waals surface area contributed by atoms with E-state index in [9.17, 15) is 0 Å². The van der Waals surface area contributed by atoms with Crippen molar-refractivity contribution in [2.75, 3.05) is 0 Å². The third-order valence-corrected chi connectivity index (χ3v) is 3.65. The van der Waals surface area contributed by atoms with Crippen LogP contribution in [0.4, 0.5) is 11.4 Å². The zero-order valence-electron chi connectivity index (χ0n) is 14.4. The number of aryl methyl sites for hydroxylation is 2. The molecular weight excluding hydrogens is 409 g/mol. The second kappa shape index (κ2) is 11.0. The predicted molar refractivity (Wildman–Crippen MR) is 109 cm³/mol. The van der Waals surface area contributed by atoms with Crippen molar-refractivity contribution in [3.8, 4) is 0 Å². The van der Waals surface area contributed by atoms with E-state index in [2.05, 4.69) is 40.9 Å². The van der Waals surface area contributed by atoms with Gasteiger partial charge in [-0.05, 0) is 49.2 Å². The molecular formula is C20H19Cl2FeN3. The molecule has 136 valence electrons. The van der Waals surface area contributed by atoms with E-state index in [0.29, 0.717) is 0 Å². The Morgan fingerprint density at radius 2 is 1.12 bits per heavy atom. The summed E-state index contributed by atoms with van der Waals surface area (Å²) < 4.78 is 0. The van der Waals surface area contributed by atoms with Gasteiger partial charge in [0.05, 0.1) is 35.2 Å². The van der Waals surface area contributed by atoms with Gasteiger partial charge in [0.1, 0.15) is 0 Å². The molecule has 0 fully saturated rings. The topological polar surface area (TPSA) is 40.5 Å². The van der Waals surface area contributed by atoms with Gasteiger partial charge in [0.2, 0.25) is 0 Å². The van der Waals surface area contributed by atoms with E-state index in [-0.39, 0.29) is 13.1 Å². The van der Waals surface area contributed by atoms with Crippen molar-refractivity contribution in [1.82, 2.24) is 4.98 Å². The first-order valence-electron chi connectivity index (χ1n) is 7.87. The van der Waals surface area contributed by atoms with Gasteiger partial charge < -0.3 is 4.98 Å². The Morgan fingerprint density at radius 3 is 1.50 bits per heavy atom. The summed E-state index contributed by atoms with van der Waals surface area (Å²) >= 11 is 0.194. The summed E-state index contributed by atoms with van der Waals surface area (Å²) in [6.07, 6.45) is 3.68. The Balaban J connectivity index is 0.000000758. The second-order valence-electron chi connectivity index (χ2n) is 5.51. The molecule has 26 heavy (non-hydrogen) atoms. The molecule has 1 heterocycles. The number of hydrogen-bond donors (Lipinski definition) is 1. The fourth-order valence-corrected chi connectivity index (χ4v) is 2.27. The van der Waals surface area contributed by atoms with Gasteiger partial charge in [-0.2, -0.15) is 0 Å². The van der Waals surface area contributed by atoms with Gasteiger partial charge in [-0.15, -0.1) is 0 Å². The van der Waals surface area contributed by atoms with Crippen LogP contribution < -0.4 is 0 Å². The average Bonchev–Trinajstić information content (AvgIpc) is 3.09. The van der Waals surface area contributed by atoms with Crippen molar-refractivity contribution in [2.24, 2.45) is 9.98 Å². The van der Waals surface area contributed by atoms with Crippen molar-refractivity contribution >= 4 is 44.0 Å². The van der Waals surface area contributed by atoms with Gasteiger partial charge in [-0.25, -0.2) is 0 Å².